The fraction of sp³-hybridized carbons (Fsp3) is 0.133. The van der Waals surface area contributed by atoms with Crippen LogP contribution in [0, 0.1) is 6.92 Å². The number of hydrogen-bond donors (Lipinski definition) is 0. The summed E-state index contributed by atoms with van der Waals surface area (Å²) in [6, 6.07) is 26.4. The van der Waals surface area contributed by atoms with E-state index in [0.29, 0.717) is 28.5 Å². The van der Waals surface area contributed by atoms with Gasteiger partial charge in [0.05, 0.1) is 19.8 Å². The van der Waals surface area contributed by atoms with E-state index in [1.54, 1.807) is 73.8 Å². The minimum atomic E-state index is -3.82. The first-order valence-corrected chi connectivity index (χ1v) is 13.5. The molecule has 0 spiro atoms. The third kappa shape index (κ3) is 5.35. The summed E-state index contributed by atoms with van der Waals surface area (Å²) >= 11 is 0. The minimum absolute atomic E-state index is 0.176. The molecule has 9 heteroatoms. The predicted octanol–water partition coefficient (Wildman–Crippen LogP) is 5.39. The van der Waals surface area contributed by atoms with Crippen LogP contribution in [0.25, 0.3) is 0 Å². The molecule has 0 aromatic heterocycles. The summed E-state index contributed by atoms with van der Waals surface area (Å²) < 4.78 is 46.0. The summed E-state index contributed by atoms with van der Waals surface area (Å²) in [5.74, 6) is 1.05. The Hall–Kier alpha value is -4.63. The molecule has 0 saturated heterocycles. The van der Waals surface area contributed by atoms with Crippen LogP contribution in [-0.2, 0) is 16.6 Å². The normalized spacial score (nSPS) is 13.3. The average Bonchev–Trinajstić information content (AvgIpc) is 3.23. The molecule has 0 atom stereocenters. The molecule has 1 heterocycles. The molecule has 39 heavy (non-hydrogen) atoms. The first-order chi connectivity index (χ1) is 18.8. The molecule has 1 aliphatic heterocycles. The van der Waals surface area contributed by atoms with E-state index in [1.165, 1.54) is 7.11 Å². The number of carbonyl (C=O) groups excluding carboxylic acids is 1. The second-order valence-electron chi connectivity index (χ2n) is 8.91. The standard InChI is InChI=1S/C30H26N2O6S/c1-20-8-13-23(14-9-20)32(29-25-6-4-5-7-28(25)39(34,35)31-29)19-21-10-17-26(27(18-21)37-3)38-30(33)22-11-15-24(36-2)16-12-22/h4-18H,19H2,1-3H3. The van der Waals surface area contributed by atoms with Crippen molar-refractivity contribution in [1.29, 1.82) is 0 Å². The van der Waals surface area contributed by atoms with Gasteiger partial charge in [0.1, 0.15) is 10.6 Å². The van der Waals surface area contributed by atoms with Crippen molar-refractivity contribution in [3.63, 3.8) is 0 Å². The van der Waals surface area contributed by atoms with Crippen molar-refractivity contribution in [3.8, 4) is 17.2 Å². The molecule has 4 aromatic rings. The van der Waals surface area contributed by atoms with E-state index in [0.717, 1.165) is 16.8 Å². The number of aryl methyl sites for hydroxylation is 1. The number of rotatable bonds is 7. The number of anilines is 1. The molecule has 5 rings (SSSR count). The van der Waals surface area contributed by atoms with Crippen molar-refractivity contribution >= 4 is 27.5 Å². The fourth-order valence-electron chi connectivity index (χ4n) is 4.26. The van der Waals surface area contributed by atoms with Crippen LogP contribution in [0.5, 0.6) is 17.2 Å². The SMILES string of the molecule is COc1ccc(C(=O)Oc2ccc(CN(C3=NS(=O)(=O)c4ccccc43)c3ccc(C)cc3)cc2OC)cc1. The number of benzene rings is 4. The van der Waals surface area contributed by atoms with Gasteiger partial charge in [-0.15, -0.1) is 4.40 Å². The van der Waals surface area contributed by atoms with Gasteiger partial charge >= 0.3 is 5.97 Å². The predicted molar refractivity (Wildman–Crippen MR) is 148 cm³/mol. The zero-order valence-corrected chi connectivity index (χ0v) is 22.4. The van der Waals surface area contributed by atoms with Gasteiger partial charge in [-0.3, -0.25) is 0 Å². The number of esters is 1. The molecule has 0 saturated carbocycles. The highest BCUT2D eigenvalue weighted by atomic mass is 32.2. The number of methoxy groups -OCH3 is 2. The third-order valence-corrected chi connectivity index (χ3v) is 7.64. The molecule has 0 amide bonds. The van der Waals surface area contributed by atoms with Crippen molar-refractivity contribution in [2.75, 3.05) is 19.1 Å². The van der Waals surface area contributed by atoms with Crippen LogP contribution in [0.1, 0.15) is 27.0 Å². The summed E-state index contributed by atoms with van der Waals surface area (Å²) in [7, 11) is -0.772. The highest BCUT2D eigenvalue weighted by molar-refractivity contribution is 7.90. The van der Waals surface area contributed by atoms with Crippen LogP contribution in [0.3, 0.4) is 0 Å². The second-order valence-corrected chi connectivity index (χ2v) is 10.5. The van der Waals surface area contributed by atoms with Gasteiger partial charge in [0.15, 0.2) is 17.3 Å². The number of fused-ring (bicyclic) bond motifs is 1. The van der Waals surface area contributed by atoms with Crippen molar-refractivity contribution < 1.29 is 27.4 Å². The van der Waals surface area contributed by atoms with E-state index in [1.807, 2.05) is 36.1 Å². The van der Waals surface area contributed by atoms with E-state index in [4.69, 9.17) is 14.2 Å². The largest absolute Gasteiger partial charge is 0.497 e. The lowest BCUT2D eigenvalue weighted by Gasteiger charge is -2.25. The molecule has 0 aliphatic carbocycles. The molecule has 1 aliphatic rings. The Kier molecular flexibility index (Phi) is 7.08. The smallest absolute Gasteiger partial charge is 0.343 e. The summed E-state index contributed by atoms with van der Waals surface area (Å²) in [6.07, 6.45) is 0. The van der Waals surface area contributed by atoms with Gasteiger partial charge in [0.25, 0.3) is 10.0 Å². The number of nitrogens with zero attached hydrogens (tertiary/aromatic N) is 2. The summed E-state index contributed by atoms with van der Waals surface area (Å²) in [5.41, 5.74) is 3.55. The van der Waals surface area contributed by atoms with Gasteiger partial charge < -0.3 is 19.1 Å². The Balaban J connectivity index is 1.47. The Morgan fingerprint density at radius 1 is 0.846 bits per heavy atom. The Morgan fingerprint density at radius 3 is 2.26 bits per heavy atom. The van der Waals surface area contributed by atoms with Crippen LogP contribution in [-0.4, -0.2) is 34.4 Å². The minimum Gasteiger partial charge on any atom is -0.497 e. The van der Waals surface area contributed by atoms with Crippen LogP contribution in [0.15, 0.2) is 100 Å². The van der Waals surface area contributed by atoms with E-state index in [9.17, 15) is 13.2 Å². The number of hydrogen-bond acceptors (Lipinski definition) is 7. The lowest BCUT2D eigenvalue weighted by atomic mass is 10.1. The first kappa shape index (κ1) is 26.0. The molecule has 0 fully saturated rings. The number of carbonyl (C=O) groups is 1. The van der Waals surface area contributed by atoms with Gasteiger partial charge in [-0.2, -0.15) is 8.42 Å². The van der Waals surface area contributed by atoms with Crippen molar-refractivity contribution in [2.24, 2.45) is 4.40 Å². The third-order valence-electron chi connectivity index (χ3n) is 6.31. The van der Waals surface area contributed by atoms with E-state index in [-0.39, 0.29) is 17.2 Å². The highest BCUT2D eigenvalue weighted by Gasteiger charge is 2.32. The van der Waals surface area contributed by atoms with Crippen LogP contribution >= 0.6 is 0 Å². The van der Waals surface area contributed by atoms with Crippen LogP contribution in [0.4, 0.5) is 5.69 Å². The molecule has 198 valence electrons. The maximum atomic E-state index is 12.8. The summed E-state index contributed by atoms with van der Waals surface area (Å²) in [4.78, 5) is 14.7. The van der Waals surface area contributed by atoms with Crippen molar-refractivity contribution in [2.45, 2.75) is 18.4 Å². The number of sulfonamides is 1. The van der Waals surface area contributed by atoms with E-state index in [2.05, 4.69) is 4.40 Å². The first-order valence-electron chi connectivity index (χ1n) is 12.1. The van der Waals surface area contributed by atoms with Gasteiger partial charge in [0, 0.05) is 17.8 Å². The Bertz CT molecular complexity index is 1660. The highest BCUT2D eigenvalue weighted by Crippen LogP contribution is 2.33. The number of amidine groups is 1. The van der Waals surface area contributed by atoms with Gasteiger partial charge in [0.2, 0.25) is 0 Å². The molecular formula is C30H26N2O6S. The van der Waals surface area contributed by atoms with Crippen LogP contribution in [0.2, 0.25) is 0 Å². The lowest BCUT2D eigenvalue weighted by molar-refractivity contribution is 0.0729. The molecule has 8 nitrogen and oxygen atoms in total. The van der Waals surface area contributed by atoms with E-state index >= 15 is 0 Å². The Morgan fingerprint density at radius 2 is 1.56 bits per heavy atom. The van der Waals surface area contributed by atoms with Crippen molar-refractivity contribution in [3.05, 3.63) is 113 Å². The Labute approximate surface area is 227 Å². The maximum Gasteiger partial charge on any atom is 0.343 e. The number of ether oxygens (including phenoxy) is 3. The maximum absolute atomic E-state index is 12.8. The monoisotopic (exact) mass is 542 g/mol. The lowest BCUT2D eigenvalue weighted by Crippen LogP contribution is -2.30. The van der Waals surface area contributed by atoms with Gasteiger partial charge in [-0.05, 0) is 73.2 Å². The molecule has 0 radical (unpaired) electrons. The topological polar surface area (TPSA) is 94.5 Å². The zero-order chi connectivity index (χ0) is 27.6. The molecule has 0 bridgehead atoms. The zero-order valence-electron chi connectivity index (χ0n) is 21.6. The van der Waals surface area contributed by atoms with Crippen LogP contribution < -0.4 is 19.1 Å². The van der Waals surface area contributed by atoms with Gasteiger partial charge in [-0.1, -0.05) is 35.9 Å². The quantitative estimate of drug-likeness (QED) is 0.228. The molecule has 4 aromatic carbocycles. The molecule has 0 unspecified atom stereocenters. The van der Waals surface area contributed by atoms with Gasteiger partial charge in [-0.25, -0.2) is 4.79 Å². The summed E-state index contributed by atoms with van der Waals surface area (Å²) in [5, 5.41) is 0. The molecular weight excluding hydrogens is 516 g/mol. The summed E-state index contributed by atoms with van der Waals surface area (Å²) in [6.45, 7) is 2.27. The molecule has 0 N–H and O–H groups in total. The average molecular weight is 543 g/mol. The fourth-order valence-corrected chi connectivity index (χ4v) is 5.47. The second kappa shape index (κ2) is 10.6. The van der Waals surface area contributed by atoms with Crippen molar-refractivity contribution in [1.82, 2.24) is 0 Å². The van der Waals surface area contributed by atoms with E-state index < -0.39 is 16.0 Å².